The number of nitrogen functional groups attached to an aromatic ring is 1. The van der Waals surface area contributed by atoms with Crippen LogP contribution in [-0.2, 0) is 16.4 Å². The van der Waals surface area contributed by atoms with Gasteiger partial charge in [0.2, 0.25) is 0 Å². The summed E-state index contributed by atoms with van der Waals surface area (Å²) >= 11 is 3.22. The topological polar surface area (TPSA) is 78.0 Å². The van der Waals surface area contributed by atoms with Crippen molar-refractivity contribution < 1.29 is 8.42 Å². The fraction of sp³-hybridized carbons (Fsp3) is 0.182. The van der Waals surface area contributed by atoms with Gasteiger partial charge < -0.3 is 5.73 Å². The SMILES string of the molecule is Nc1ccc(S(=O)(=O)CCn2cccn2)c(Br)c1. The molecule has 5 nitrogen and oxygen atoms in total. The number of aromatic nitrogens is 2. The summed E-state index contributed by atoms with van der Waals surface area (Å²) in [4.78, 5) is 0.254. The lowest BCUT2D eigenvalue weighted by Gasteiger charge is -2.07. The van der Waals surface area contributed by atoms with Crippen LogP contribution in [0.4, 0.5) is 5.69 Å². The van der Waals surface area contributed by atoms with Crippen molar-refractivity contribution in [3.05, 3.63) is 41.1 Å². The van der Waals surface area contributed by atoms with Gasteiger partial charge in [-0.2, -0.15) is 5.10 Å². The van der Waals surface area contributed by atoms with E-state index in [0.29, 0.717) is 16.7 Å². The number of hydrogen-bond donors (Lipinski definition) is 1. The van der Waals surface area contributed by atoms with E-state index in [4.69, 9.17) is 5.73 Å². The van der Waals surface area contributed by atoms with Crippen LogP contribution in [0.2, 0.25) is 0 Å². The fourth-order valence-electron chi connectivity index (χ4n) is 1.53. The summed E-state index contributed by atoms with van der Waals surface area (Å²) in [6.45, 7) is 0.326. The third-order valence-electron chi connectivity index (χ3n) is 2.44. The molecule has 2 rings (SSSR count). The lowest BCUT2D eigenvalue weighted by atomic mass is 10.3. The number of sulfone groups is 1. The monoisotopic (exact) mass is 329 g/mol. The zero-order valence-corrected chi connectivity index (χ0v) is 11.9. The molecule has 0 aliphatic rings. The number of benzene rings is 1. The molecular formula is C11H12BrN3O2S. The molecule has 18 heavy (non-hydrogen) atoms. The van der Waals surface area contributed by atoms with E-state index in [2.05, 4.69) is 21.0 Å². The number of rotatable bonds is 4. The van der Waals surface area contributed by atoms with E-state index in [-0.39, 0.29) is 10.6 Å². The van der Waals surface area contributed by atoms with Crippen molar-refractivity contribution in [1.29, 1.82) is 0 Å². The number of hydrogen-bond acceptors (Lipinski definition) is 4. The van der Waals surface area contributed by atoms with Gasteiger partial charge in [-0.3, -0.25) is 4.68 Å². The summed E-state index contributed by atoms with van der Waals surface area (Å²) in [7, 11) is -3.35. The summed E-state index contributed by atoms with van der Waals surface area (Å²) in [5.74, 6) is -0.00278. The normalized spacial score (nSPS) is 11.6. The van der Waals surface area contributed by atoms with Crippen molar-refractivity contribution in [1.82, 2.24) is 9.78 Å². The first-order chi connectivity index (χ1) is 8.49. The Morgan fingerprint density at radius 3 is 2.78 bits per heavy atom. The molecule has 0 fully saturated rings. The fourth-order valence-corrected chi connectivity index (χ4v) is 3.94. The molecule has 0 atom stereocenters. The van der Waals surface area contributed by atoms with Crippen LogP contribution in [0.5, 0.6) is 0 Å². The highest BCUT2D eigenvalue weighted by Gasteiger charge is 2.17. The van der Waals surface area contributed by atoms with Gasteiger partial charge in [0.15, 0.2) is 9.84 Å². The smallest absolute Gasteiger partial charge is 0.181 e. The van der Waals surface area contributed by atoms with Crippen LogP contribution in [0.25, 0.3) is 0 Å². The Kier molecular flexibility index (Phi) is 3.72. The zero-order chi connectivity index (χ0) is 13.2. The predicted octanol–water partition coefficient (Wildman–Crippen LogP) is 1.70. The predicted molar refractivity (Wildman–Crippen MR) is 72.8 cm³/mol. The maximum Gasteiger partial charge on any atom is 0.181 e. The molecule has 1 aromatic carbocycles. The van der Waals surface area contributed by atoms with E-state index in [0.717, 1.165) is 0 Å². The highest BCUT2D eigenvalue weighted by atomic mass is 79.9. The second-order valence-corrected chi connectivity index (χ2v) is 6.71. The van der Waals surface area contributed by atoms with Crippen molar-refractivity contribution in [2.45, 2.75) is 11.4 Å². The summed E-state index contributed by atoms with van der Waals surface area (Å²) in [5.41, 5.74) is 6.10. The maximum absolute atomic E-state index is 12.1. The van der Waals surface area contributed by atoms with Crippen molar-refractivity contribution in [3.8, 4) is 0 Å². The molecule has 0 radical (unpaired) electrons. The average Bonchev–Trinajstić information content (AvgIpc) is 2.78. The quantitative estimate of drug-likeness (QED) is 0.866. The molecule has 7 heteroatoms. The molecule has 0 amide bonds. The Morgan fingerprint density at radius 1 is 1.39 bits per heavy atom. The van der Waals surface area contributed by atoms with Gasteiger partial charge in [0.25, 0.3) is 0 Å². The molecule has 0 aliphatic carbocycles. The second-order valence-electron chi connectivity index (χ2n) is 3.78. The van der Waals surface area contributed by atoms with Gasteiger partial charge in [-0.1, -0.05) is 0 Å². The highest BCUT2D eigenvalue weighted by molar-refractivity contribution is 9.10. The molecule has 0 bridgehead atoms. The number of aryl methyl sites for hydroxylation is 1. The van der Waals surface area contributed by atoms with E-state index in [9.17, 15) is 8.42 Å². The van der Waals surface area contributed by atoms with Crippen molar-refractivity contribution in [3.63, 3.8) is 0 Å². The summed E-state index contributed by atoms with van der Waals surface area (Å²) in [5, 5.41) is 3.97. The molecule has 0 saturated heterocycles. The third kappa shape index (κ3) is 2.91. The minimum atomic E-state index is -3.35. The molecule has 2 N–H and O–H groups in total. The second kappa shape index (κ2) is 5.11. The van der Waals surface area contributed by atoms with E-state index in [1.165, 1.54) is 6.07 Å². The van der Waals surface area contributed by atoms with Gasteiger partial charge in [-0.05, 0) is 40.2 Å². The molecule has 2 aromatic rings. The van der Waals surface area contributed by atoms with Gasteiger partial charge >= 0.3 is 0 Å². The van der Waals surface area contributed by atoms with E-state index in [1.807, 2.05) is 0 Å². The molecule has 0 saturated carbocycles. The first kappa shape index (κ1) is 13.1. The molecule has 96 valence electrons. The number of anilines is 1. The van der Waals surface area contributed by atoms with Gasteiger partial charge in [0.1, 0.15) is 0 Å². The van der Waals surface area contributed by atoms with Crippen LogP contribution in [-0.4, -0.2) is 24.0 Å². The molecule has 0 spiro atoms. The average molecular weight is 330 g/mol. The van der Waals surface area contributed by atoms with Crippen LogP contribution >= 0.6 is 15.9 Å². The van der Waals surface area contributed by atoms with Gasteiger partial charge in [0.05, 0.1) is 17.2 Å². The highest BCUT2D eigenvalue weighted by Crippen LogP contribution is 2.25. The maximum atomic E-state index is 12.1. The third-order valence-corrected chi connectivity index (χ3v) is 5.10. The van der Waals surface area contributed by atoms with Gasteiger partial charge in [-0.25, -0.2) is 8.42 Å². The standard InChI is InChI=1S/C11H12BrN3O2S/c12-10-8-9(13)2-3-11(10)18(16,17)7-6-15-5-1-4-14-15/h1-5,8H,6-7,13H2. The van der Waals surface area contributed by atoms with E-state index >= 15 is 0 Å². The Hall–Kier alpha value is -1.34. The number of nitrogens with two attached hydrogens (primary N) is 1. The van der Waals surface area contributed by atoms with Crippen molar-refractivity contribution >= 4 is 31.5 Å². The number of nitrogens with zero attached hydrogens (tertiary/aromatic N) is 2. The van der Waals surface area contributed by atoms with Gasteiger partial charge in [-0.15, -0.1) is 0 Å². The minimum absolute atomic E-state index is 0.00278. The summed E-state index contributed by atoms with van der Waals surface area (Å²) in [6.07, 6.45) is 3.35. The molecule has 1 aromatic heterocycles. The van der Waals surface area contributed by atoms with Crippen LogP contribution in [0, 0.1) is 0 Å². The Bertz CT molecular complexity index is 638. The van der Waals surface area contributed by atoms with E-state index in [1.54, 1.807) is 35.3 Å². The number of halogens is 1. The zero-order valence-electron chi connectivity index (χ0n) is 9.45. The van der Waals surface area contributed by atoms with Crippen LogP contribution < -0.4 is 5.73 Å². The molecular weight excluding hydrogens is 318 g/mol. The first-order valence-electron chi connectivity index (χ1n) is 5.24. The van der Waals surface area contributed by atoms with Gasteiger partial charge in [0, 0.05) is 22.6 Å². The largest absolute Gasteiger partial charge is 0.399 e. The minimum Gasteiger partial charge on any atom is -0.399 e. The Morgan fingerprint density at radius 2 is 2.17 bits per heavy atom. The first-order valence-corrected chi connectivity index (χ1v) is 7.69. The van der Waals surface area contributed by atoms with Crippen LogP contribution in [0.3, 0.4) is 0 Å². The molecule has 0 unspecified atom stereocenters. The Labute approximate surface area is 114 Å². The van der Waals surface area contributed by atoms with Crippen molar-refractivity contribution in [2.75, 3.05) is 11.5 Å². The van der Waals surface area contributed by atoms with Crippen molar-refractivity contribution in [2.24, 2.45) is 0 Å². The van der Waals surface area contributed by atoms with Crippen LogP contribution in [0.15, 0.2) is 46.0 Å². The summed E-state index contributed by atoms with van der Waals surface area (Å²) < 4.78 is 26.4. The van der Waals surface area contributed by atoms with Crippen LogP contribution in [0.1, 0.15) is 0 Å². The Balaban J connectivity index is 2.20. The lowest BCUT2D eigenvalue weighted by molar-refractivity contribution is 0.580. The summed E-state index contributed by atoms with van der Waals surface area (Å²) in [6, 6.07) is 6.43. The molecule has 1 heterocycles. The molecule has 0 aliphatic heterocycles. The lowest BCUT2D eigenvalue weighted by Crippen LogP contribution is -2.14. The van der Waals surface area contributed by atoms with E-state index < -0.39 is 9.84 Å².